The molecule has 1 aromatic heterocycles. The van der Waals surface area contributed by atoms with E-state index in [2.05, 4.69) is 26.5 Å². The molecular weight excluding hydrogens is 345 g/mol. The van der Waals surface area contributed by atoms with Gasteiger partial charge in [-0.3, -0.25) is 4.99 Å². The number of hydrogen-bond acceptors (Lipinski definition) is 4. The number of rotatable bonds is 6. The van der Waals surface area contributed by atoms with E-state index in [1.807, 2.05) is 26.0 Å². The van der Waals surface area contributed by atoms with Crippen molar-refractivity contribution in [1.29, 1.82) is 0 Å². The highest BCUT2D eigenvalue weighted by Crippen LogP contribution is 2.17. The third kappa shape index (κ3) is 5.37. The molecule has 7 heteroatoms. The van der Waals surface area contributed by atoms with E-state index in [-0.39, 0.29) is 5.82 Å². The van der Waals surface area contributed by atoms with Crippen molar-refractivity contribution in [3.8, 4) is 11.4 Å². The maximum absolute atomic E-state index is 13.0. The highest BCUT2D eigenvalue weighted by atomic mass is 19.1. The maximum Gasteiger partial charge on any atom is 0.227 e. The summed E-state index contributed by atoms with van der Waals surface area (Å²) in [6.07, 6.45) is 1.31. The van der Waals surface area contributed by atoms with Crippen molar-refractivity contribution in [2.45, 2.75) is 26.7 Å². The van der Waals surface area contributed by atoms with Gasteiger partial charge in [-0.15, -0.1) is 0 Å². The number of guanidine groups is 1. The molecule has 6 nitrogen and oxygen atoms in total. The van der Waals surface area contributed by atoms with Gasteiger partial charge in [-0.1, -0.05) is 11.2 Å². The van der Waals surface area contributed by atoms with E-state index in [1.165, 1.54) is 23.3 Å². The zero-order valence-corrected chi connectivity index (χ0v) is 15.4. The summed E-state index contributed by atoms with van der Waals surface area (Å²) < 4.78 is 18.2. The van der Waals surface area contributed by atoms with Crippen LogP contribution in [0, 0.1) is 19.7 Å². The molecule has 3 aromatic rings. The van der Waals surface area contributed by atoms with Gasteiger partial charge in [0.05, 0.1) is 0 Å². The Morgan fingerprint density at radius 2 is 1.85 bits per heavy atom. The lowest BCUT2D eigenvalue weighted by molar-refractivity contribution is 0.376. The van der Waals surface area contributed by atoms with Gasteiger partial charge in [0.1, 0.15) is 5.82 Å². The number of nitrogens with one attached hydrogen (secondary N) is 1. The third-order valence-electron chi connectivity index (χ3n) is 3.90. The summed E-state index contributed by atoms with van der Waals surface area (Å²) in [5, 5.41) is 7.02. The second-order valence-corrected chi connectivity index (χ2v) is 6.39. The average molecular weight is 367 g/mol. The van der Waals surface area contributed by atoms with E-state index >= 15 is 0 Å². The van der Waals surface area contributed by atoms with Gasteiger partial charge in [0, 0.05) is 24.2 Å². The van der Waals surface area contributed by atoms with Crippen LogP contribution in [0.3, 0.4) is 0 Å². The van der Waals surface area contributed by atoms with Crippen LogP contribution in [-0.2, 0) is 6.42 Å². The molecule has 0 radical (unpaired) electrons. The molecule has 0 amide bonds. The Kier molecular flexibility index (Phi) is 5.80. The first-order chi connectivity index (χ1) is 13.0. The molecule has 0 spiro atoms. The van der Waals surface area contributed by atoms with Crippen molar-refractivity contribution in [3.63, 3.8) is 0 Å². The zero-order valence-electron chi connectivity index (χ0n) is 15.4. The minimum Gasteiger partial charge on any atom is -0.370 e. The molecule has 0 aliphatic carbocycles. The van der Waals surface area contributed by atoms with Crippen LogP contribution in [0.15, 0.2) is 52.0 Å². The quantitative estimate of drug-likeness (QED) is 0.392. The Bertz CT molecular complexity index is 914. The molecule has 140 valence electrons. The summed E-state index contributed by atoms with van der Waals surface area (Å²) in [4.78, 5) is 8.64. The molecule has 27 heavy (non-hydrogen) atoms. The highest BCUT2D eigenvalue weighted by molar-refractivity contribution is 5.92. The van der Waals surface area contributed by atoms with Crippen molar-refractivity contribution in [1.82, 2.24) is 10.1 Å². The van der Waals surface area contributed by atoms with Gasteiger partial charge in [-0.05, 0) is 67.8 Å². The smallest absolute Gasteiger partial charge is 0.227 e. The van der Waals surface area contributed by atoms with Crippen LogP contribution < -0.4 is 11.1 Å². The van der Waals surface area contributed by atoms with Gasteiger partial charge >= 0.3 is 0 Å². The van der Waals surface area contributed by atoms with Gasteiger partial charge in [0.15, 0.2) is 5.96 Å². The first-order valence-corrected chi connectivity index (χ1v) is 8.73. The lowest BCUT2D eigenvalue weighted by Gasteiger charge is -2.07. The lowest BCUT2D eigenvalue weighted by Crippen LogP contribution is -2.23. The van der Waals surface area contributed by atoms with E-state index in [0.29, 0.717) is 36.2 Å². The van der Waals surface area contributed by atoms with Crippen molar-refractivity contribution < 1.29 is 8.91 Å². The minimum atomic E-state index is -0.299. The van der Waals surface area contributed by atoms with Gasteiger partial charge < -0.3 is 15.6 Å². The summed E-state index contributed by atoms with van der Waals surface area (Å²) in [5.74, 6) is 1.04. The van der Waals surface area contributed by atoms with E-state index in [0.717, 1.165) is 12.1 Å². The predicted octanol–water partition coefficient (Wildman–Crippen LogP) is 3.85. The van der Waals surface area contributed by atoms with E-state index < -0.39 is 0 Å². The maximum atomic E-state index is 13.0. The minimum absolute atomic E-state index is 0.299. The van der Waals surface area contributed by atoms with Crippen LogP contribution in [0.5, 0.6) is 0 Å². The number of aromatic nitrogens is 2. The summed E-state index contributed by atoms with van der Waals surface area (Å²) in [7, 11) is 0. The van der Waals surface area contributed by atoms with E-state index in [4.69, 9.17) is 10.3 Å². The molecule has 0 unspecified atom stereocenters. The summed E-state index contributed by atoms with van der Waals surface area (Å²) >= 11 is 0. The largest absolute Gasteiger partial charge is 0.370 e. The number of aryl methyl sites for hydroxylation is 3. The first-order valence-electron chi connectivity index (χ1n) is 8.73. The van der Waals surface area contributed by atoms with E-state index in [1.54, 1.807) is 12.1 Å². The number of nitrogens with zero attached hydrogens (tertiary/aromatic N) is 3. The molecule has 0 fully saturated rings. The Morgan fingerprint density at radius 1 is 1.15 bits per heavy atom. The standard InChI is InChI=1S/C20H22FN5O/c1-13-10-14(2)12-17(11-13)24-20(22)23-9-3-4-18-25-19(26-27-18)15-5-7-16(21)8-6-15/h5-8,10-12H,3-4,9H2,1-2H3,(H3,22,23,24). The van der Waals surface area contributed by atoms with Crippen molar-refractivity contribution in [3.05, 3.63) is 65.3 Å². The van der Waals surface area contributed by atoms with Crippen LogP contribution in [0.2, 0.25) is 0 Å². The fourth-order valence-corrected chi connectivity index (χ4v) is 2.74. The van der Waals surface area contributed by atoms with Crippen molar-refractivity contribution in [2.24, 2.45) is 10.7 Å². The molecule has 2 aromatic carbocycles. The molecule has 0 aliphatic heterocycles. The fourth-order valence-electron chi connectivity index (χ4n) is 2.74. The Morgan fingerprint density at radius 3 is 2.56 bits per heavy atom. The Balaban J connectivity index is 1.49. The van der Waals surface area contributed by atoms with Gasteiger partial charge in [0.2, 0.25) is 11.7 Å². The summed E-state index contributed by atoms with van der Waals surface area (Å²) in [6.45, 7) is 4.62. The number of halogens is 1. The zero-order chi connectivity index (χ0) is 19.2. The number of anilines is 1. The summed E-state index contributed by atoms with van der Waals surface area (Å²) in [5.41, 5.74) is 9.91. The molecular formula is C20H22FN5O. The van der Waals surface area contributed by atoms with Crippen LogP contribution in [-0.4, -0.2) is 22.6 Å². The van der Waals surface area contributed by atoms with E-state index in [9.17, 15) is 4.39 Å². The van der Waals surface area contributed by atoms with Gasteiger partial charge in [0.25, 0.3) is 0 Å². The third-order valence-corrected chi connectivity index (χ3v) is 3.90. The SMILES string of the molecule is Cc1cc(C)cc(NC(N)=NCCCc2nc(-c3ccc(F)cc3)no2)c1. The average Bonchev–Trinajstić information content (AvgIpc) is 3.07. The van der Waals surface area contributed by atoms with Crippen LogP contribution in [0.25, 0.3) is 11.4 Å². The fraction of sp³-hybridized carbons (Fsp3) is 0.250. The number of benzene rings is 2. The monoisotopic (exact) mass is 367 g/mol. The van der Waals surface area contributed by atoms with Gasteiger partial charge in [-0.25, -0.2) is 4.39 Å². The molecule has 3 rings (SSSR count). The van der Waals surface area contributed by atoms with Crippen LogP contribution >= 0.6 is 0 Å². The second kappa shape index (κ2) is 8.44. The predicted molar refractivity (Wildman–Crippen MR) is 104 cm³/mol. The number of hydrogen-bond donors (Lipinski definition) is 2. The van der Waals surface area contributed by atoms with Crippen molar-refractivity contribution in [2.75, 3.05) is 11.9 Å². The van der Waals surface area contributed by atoms with Gasteiger partial charge in [-0.2, -0.15) is 4.98 Å². The summed E-state index contributed by atoms with van der Waals surface area (Å²) in [6, 6.07) is 12.1. The van der Waals surface area contributed by atoms with Crippen LogP contribution in [0.1, 0.15) is 23.4 Å². The molecule has 1 heterocycles. The van der Waals surface area contributed by atoms with Crippen molar-refractivity contribution >= 4 is 11.6 Å². The normalized spacial score (nSPS) is 11.6. The Hall–Kier alpha value is -3.22. The molecule has 0 atom stereocenters. The topological polar surface area (TPSA) is 89.3 Å². The van der Waals surface area contributed by atoms with Crippen LogP contribution in [0.4, 0.5) is 10.1 Å². The molecule has 0 saturated heterocycles. The first kappa shape index (κ1) is 18.6. The molecule has 0 bridgehead atoms. The highest BCUT2D eigenvalue weighted by Gasteiger charge is 2.08. The molecule has 0 saturated carbocycles. The number of aliphatic imine (C=N–C) groups is 1. The number of nitrogens with two attached hydrogens (primary N) is 1. The molecule has 0 aliphatic rings. The lowest BCUT2D eigenvalue weighted by atomic mass is 10.1. The second-order valence-electron chi connectivity index (χ2n) is 6.39. The molecule has 3 N–H and O–H groups in total. The Labute approximate surface area is 157 Å².